The van der Waals surface area contributed by atoms with Gasteiger partial charge in [-0.15, -0.1) is 10.2 Å². The Kier molecular flexibility index (Phi) is 5.47. The molecule has 10 nitrogen and oxygen atoms in total. The third-order valence-electron chi connectivity index (χ3n) is 6.33. The summed E-state index contributed by atoms with van der Waals surface area (Å²) >= 11 is 0. The first kappa shape index (κ1) is 22.0. The molecule has 6 rings (SSSR count). The second kappa shape index (κ2) is 8.95. The van der Waals surface area contributed by atoms with Gasteiger partial charge in [-0.1, -0.05) is 23.4 Å². The number of aryl methyl sites for hydroxylation is 1. The zero-order valence-corrected chi connectivity index (χ0v) is 19.2. The molecule has 0 atom stereocenters. The molecule has 0 aliphatic carbocycles. The minimum absolute atomic E-state index is 0.162. The number of H-pyrrole nitrogens is 1. The molecule has 1 aromatic carbocycles. The van der Waals surface area contributed by atoms with Crippen LogP contribution in [0.2, 0.25) is 0 Å². The topological polar surface area (TPSA) is 110 Å². The number of hydrogen-bond donors (Lipinski definition) is 1. The largest absolute Gasteiger partial charge is 0.435 e. The van der Waals surface area contributed by atoms with E-state index in [1.165, 1.54) is 0 Å². The Bertz CT molecular complexity index is 1500. The van der Waals surface area contributed by atoms with Crippen LogP contribution < -0.4 is 9.64 Å². The maximum absolute atomic E-state index is 12.9. The van der Waals surface area contributed by atoms with Gasteiger partial charge in [0.25, 0.3) is 0 Å². The molecular formula is C24H21F2N9O. The van der Waals surface area contributed by atoms with Crippen LogP contribution in [0.4, 0.5) is 14.7 Å². The van der Waals surface area contributed by atoms with Gasteiger partial charge in [0.2, 0.25) is 5.95 Å². The van der Waals surface area contributed by atoms with Crippen molar-refractivity contribution in [3.63, 3.8) is 0 Å². The first-order valence-corrected chi connectivity index (χ1v) is 11.4. The maximum Gasteiger partial charge on any atom is 0.387 e. The van der Waals surface area contributed by atoms with Crippen LogP contribution in [0.3, 0.4) is 0 Å². The Balaban J connectivity index is 1.24. The van der Waals surface area contributed by atoms with Crippen LogP contribution in [0, 0.1) is 6.92 Å². The van der Waals surface area contributed by atoms with Gasteiger partial charge in [0.15, 0.2) is 5.82 Å². The predicted molar refractivity (Wildman–Crippen MR) is 126 cm³/mol. The summed E-state index contributed by atoms with van der Waals surface area (Å²) in [5.74, 6) is 1.73. The Morgan fingerprint density at radius 2 is 1.89 bits per heavy atom. The van der Waals surface area contributed by atoms with Crippen molar-refractivity contribution in [2.24, 2.45) is 0 Å². The predicted octanol–water partition coefficient (Wildman–Crippen LogP) is 3.41. The number of aromatic nitrogens is 8. The average molecular weight is 489 g/mol. The lowest BCUT2D eigenvalue weighted by Gasteiger charge is -2.37. The highest BCUT2D eigenvalue weighted by Crippen LogP contribution is 2.29. The van der Waals surface area contributed by atoms with Crippen molar-refractivity contribution in [3.8, 4) is 16.9 Å². The smallest absolute Gasteiger partial charge is 0.387 e. The van der Waals surface area contributed by atoms with Gasteiger partial charge in [0.1, 0.15) is 11.4 Å². The number of para-hydroxylation sites is 1. The van der Waals surface area contributed by atoms with E-state index in [1.54, 1.807) is 36.7 Å². The van der Waals surface area contributed by atoms with E-state index in [4.69, 9.17) is 4.74 Å². The van der Waals surface area contributed by atoms with Gasteiger partial charge >= 0.3 is 6.61 Å². The fourth-order valence-corrected chi connectivity index (χ4v) is 4.42. The van der Waals surface area contributed by atoms with E-state index in [0.29, 0.717) is 23.8 Å². The van der Waals surface area contributed by atoms with Gasteiger partial charge in [-0.05, 0) is 25.1 Å². The number of pyridine rings is 1. The van der Waals surface area contributed by atoms with E-state index < -0.39 is 6.61 Å². The number of benzene rings is 1. The number of aromatic amines is 1. The molecule has 0 unspecified atom stereocenters. The summed E-state index contributed by atoms with van der Waals surface area (Å²) in [5, 5.41) is 14.2. The number of alkyl halides is 2. The van der Waals surface area contributed by atoms with Gasteiger partial charge in [0.05, 0.1) is 11.6 Å². The number of tetrazole rings is 1. The molecule has 0 saturated carbocycles. The minimum atomic E-state index is -2.88. The zero-order valence-electron chi connectivity index (χ0n) is 19.2. The number of imidazole rings is 1. The van der Waals surface area contributed by atoms with Crippen LogP contribution in [0.1, 0.15) is 28.7 Å². The zero-order chi connectivity index (χ0) is 24.6. The van der Waals surface area contributed by atoms with E-state index in [9.17, 15) is 8.78 Å². The fraction of sp³-hybridized carbons (Fsp3) is 0.250. The molecule has 1 aliphatic rings. The first-order chi connectivity index (χ1) is 17.5. The molecule has 0 radical (unpaired) electrons. The van der Waals surface area contributed by atoms with Gasteiger partial charge in [-0.3, -0.25) is 0 Å². The van der Waals surface area contributed by atoms with Crippen molar-refractivity contribution in [3.05, 3.63) is 77.8 Å². The molecule has 1 N–H and O–H groups in total. The number of nitrogens with one attached hydrogen (secondary N) is 1. The van der Waals surface area contributed by atoms with Crippen molar-refractivity contribution < 1.29 is 13.5 Å². The Morgan fingerprint density at radius 1 is 1.08 bits per heavy atom. The molecule has 1 aliphatic heterocycles. The van der Waals surface area contributed by atoms with Crippen LogP contribution in [0.25, 0.3) is 16.8 Å². The number of rotatable bonds is 7. The molecule has 0 amide bonds. The average Bonchev–Trinajstić information content (AvgIpc) is 3.47. The minimum Gasteiger partial charge on any atom is -0.435 e. The molecule has 0 spiro atoms. The normalized spacial score (nSPS) is 13.9. The molecule has 5 heterocycles. The molecule has 0 bridgehead atoms. The van der Waals surface area contributed by atoms with E-state index in [0.717, 1.165) is 41.3 Å². The second-order valence-corrected chi connectivity index (χ2v) is 8.60. The second-order valence-electron chi connectivity index (χ2n) is 8.60. The van der Waals surface area contributed by atoms with Gasteiger partial charge in [0, 0.05) is 60.5 Å². The van der Waals surface area contributed by atoms with Crippen LogP contribution in [0.5, 0.6) is 5.75 Å². The number of halogens is 2. The number of hydrogen-bond acceptors (Lipinski definition) is 8. The van der Waals surface area contributed by atoms with E-state index >= 15 is 0 Å². The van der Waals surface area contributed by atoms with Crippen LogP contribution in [-0.4, -0.2) is 59.7 Å². The molecule has 4 aromatic heterocycles. The molecule has 5 aromatic rings. The van der Waals surface area contributed by atoms with E-state index in [2.05, 4.69) is 40.5 Å². The Labute approximate surface area is 204 Å². The van der Waals surface area contributed by atoms with Crippen molar-refractivity contribution in [2.75, 3.05) is 18.0 Å². The summed E-state index contributed by atoms with van der Waals surface area (Å²) in [6, 6.07) is 10.7. The lowest BCUT2D eigenvalue weighted by Crippen LogP contribution is -2.46. The number of fused-ring (bicyclic) bond motifs is 1. The highest BCUT2D eigenvalue weighted by molar-refractivity contribution is 5.64. The van der Waals surface area contributed by atoms with Gasteiger partial charge in [-0.2, -0.15) is 14.0 Å². The van der Waals surface area contributed by atoms with Crippen molar-refractivity contribution in [1.82, 2.24) is 40.0 Å². The monoisotopic (exact) mass is 489 g/mol. The molecule has 12 heteroatoms. The summed E-state index contributed by atoms with van der Waals surface area (Å²) in [5.41, 5.74) is 4.91. The Morgan fingerprint density at radius 3 is 2.64 bits per heavy atom. The van der Waals surface area contributed by atoms with E-state index in [1.807, 2.05) is 29.7 Å². The van der Waals surface area contributed by atoms with Gasteiger partial charge in [-0.25, -0.2) is 15.0 Å². The van der Waals surface area contributed by atoms with Crippen molar-refractivity contribution >= 4 is 11.6 Å². The molecule has 36 heavy (non-hydrogen) atoms. The highest BCUT2D eigenvalue weighted by atomic mass is 19.3. The van der Waals surface area contributed by atoms with Crippen molar-refractivity contribution in [2.45, 2.75) is 25.9 Å². The Hall–Kier alpha value is -4.48. The van der Waals surface area contributed by atoms with Crippen molar-refractivity contribution in [1.29, 1.82) is 0 Å². The summed E-state index contributed by atoms with van der Waals surface area (Å²) < 4.78 is 32.4. The summed E-state index contributed by atoms with van der Waals surface area (Å²) in [6.45, 7) is 0.495. The number of nitrogens with zero attached hydrogens (tertiary/aromatic N) is 8. The molecular weight excluding hydrogens is 468 g/mol. The summed E-state index contributed by atoms with van der Waals surface area (Å²) in [4.78, 5) is 15.8. The van der Waals surface area contributed by atoms with E-state index in [-0.39, 0.29) is 11.7 Å². The number of ether oxygens (including phenoxy) is 1. The first-order valence-electron chi connectivity index (χ1n) is 11.4. The standard InChI is InChI=1S/C24H21F2N9O/c1-14-19(8-15-4-2-3-5-20(15)36-23(25)26)35-13-16(6-7-21(35)29-14)17-9-27-24(28-10-17)34-11-18(12-34)22-30-32-33-31-22/h2-7,9-10,13,18,23H,8,11-12H2,1H3,(H,30,31,32,33). The molecule has 1 fully saturated rings. The van der Waals surface area contributed by atoms with Gasteiger partial charge < -0.3 is 14.0 Å². The molecule has 182 valence electrons. The molecule has 1 saturated heterocycles. The highest BCUT2D eigenvalue weighted by Gasteiger charge is 2.32. The van der Waals surface area contributed by atoms with Crippen LogP contribution in [-0.2, 0) is 6.42 Å². The SMILES string of the molecule is Cc1nc2ccc(-c3cnc(N4CC(c5nn[nH]n5)C4)nc3)cn2c1Cc1ccccc1OC(F)F. The third-order valence-corrected chi connectivity index (χ3v) is 6.33. The third kappa shape index (κ3) is 4.10. The maximum atomic E-state index is 12.9. The summed E-state index contributed by atoms with van der Waals surface area (Å²) in [7, 11) is 0. The lowest BCUT2D eigenvalue weighted by molar-refractivity contribution is -0.0503. The fourth-order valence-electron chi connectivity index (χ4n) is 4.42. The summed E-state index contributed by atoms with van der Waals surface area (Å²) in [6.07, 6.45) is 5.95. The number of anilines is 1. The quantitative estimate of drug-likeness (QED) is 0.370. The lowest BCUT2D eigenvalue weighted by atomic mass is 10.0. The van der Waals surface area contributed by atoms with Crippen LogP contribution in [0.15, 0.2) is 55.0 Å². The van der Waals surface area contributed by atoms with Crippen LogP contribution >= 0.6 is 0 Å².